The third kappa shape index (κ3) is 3.51. The first-order chi connectivity index (χ1) is 11.1. The summed E-state index contributed by atoms with van der Waals surface area (Å²) in [5, 5.41) is 0.861. The summed E-state index contributed by atoms with van der Waals surface area (Å²) >= 11 is 0. The zero-order chi connectivity index (χ0) is 16.2. The Hall–Kier alpha value is -2.82. The Bertz CT molecular complexity index is 886. The molecule has 0 spiro atoms. The standard InChI is InChI=1S/C18H15FO4/c1-12-10-18(20)23-17-11-13(6-7-14(12)17)21-8-9-22-16-5-3-2-4-15(16)19/h2-7,10-11H,8-9H2,1H3. The van der Waals surface area contributed by atoms with E-state index >= 15 is 0 Å². The summed E-state index contributed by atoms with van der Waals surface area (Å²) in [6, 6.07) is 12.9. The number of aryl methyl sites for hydroxylation is 1. The van der Waals surface area contributed by atoms with E-state index in [0.717, 1.165) is 10.9 Å². The zero-order valence-corrected chi connectivity index (χ0v) is 12.5. The molecule has 0 N–H and O–H groups in total. The predicted molar refractivity (Wildman–Crippen MR) is 84.6 cm³/mol. The fraction of sp³-hybridized carbons (Fsp3) is 0.167. The number of rotatable bonds is 5. The third-order valence-electron chi connectivity index (χ3n) is 3.37. The van der Waals surface area contributed by atoms with E-state index < -0.39 is 11.4 Å². The molecule has 0 radical (unpaired) electrons. The van der Waals surface area contributed by atoms with Crippen molar-refractivity contribution in [3.8, 4) is 11.5 Å². The van der Waals surface area contributed by atoms with Gasteiger partial charge in [-0.25, -0.2) is 9.18 Å². The van der Waals surface area contributed by atoms with Crippen LogP contribution in [0.1, 0.15) is 5.56 Å². The number of ether oxygens (including phenoxy) is 2. The van der Waals surface area contributed by atoms with E-state index in [1.165, 1.54) is 12.1 Å². The quantitative estimate of drug-likeness (QED) is 0.532. The number of halogens is 1. The Labute approximate surface area is 132 Å². The maximum atomic E-state index is 13.4. The molecular formula is C18H15FO4. The van der Waals surface area contributed by atoms with Crippen LogP contribution < -0.4 is 15.1 Å². The second kappa shape index (κ2) is 6.52. The molecule has 5 heteroatoms. The summed E-state index contributed by atoms with van der Waals surface area (Å²) in [6.07, 6.45) is 0. The molecule has 0 aliphatic rings. The molecule has 0 unspecified atom stereocenters. The molecule has 1 heterocycles. The van der Waals surface area contributed by atoms with Crippen LogP contribution in [0.2, 0.25) is 0 Å². The van der Waals surface area contributed by atoms with E-state index in [0.29, 0.717) is 11.3 Å². The zero-order valence-electron chi connectivity index (χ0n) is 12.5. The molecular weight excluding hydrogens is 299 g/mol. The van der Waals surface area contributed by atoms with Crippen molar-refractivity contribution in [2.45, 2.75) is 6.92 Å². The lowest BCUT2D eigenvalue weighted by molar-refractivity contribution is 0.211. The van der Waals surface area contributed by atoms with Gasteiger partial charge in [-0.05, 0) is 36.8 Å². The maximum Gasteiger partial charge on any atom is 0.336 e. The molecule has 118 valence electrons. The lowest BCUT2D eigenvalue weighted by Gasteiger charge is -2.09. The van der Waals surface area contributed by atoms with E-state index in [2.05, 4.69) is 0 Å². The normalized spacial score (nSPS) is 10.7. The van der Waals surface area contributed by atoms with Gasteiger partial charge < -0.3 is 13.9 Å². The summed E-state index contributed by atoms with van der Waals surface area (Å²) in [5.74, 6) is 0.343. The van der Waals surface area contributed by atoms with Gasteiger partial charge in [0.2, 0.25) is 0 Å². The number of benzene rings is 2. The van der Waals surface area contributed by atoms with Crippen molar-refractivity contribution < 1.29 is 18.3 Å². The number of hydrogen-bond donors (Lipinski definition) is 0. The average Bonchev–Trinajstić information content (AvgIpc) is 2.52. The van der Waals surface area contributed by atoms with Gasteiger partial charge in [0.1, 0.15) is 24.5 Å². The highest BCUT2D eigenvalue weighted by molar-refractivity contribution is 5.81. The smallest absolute Gasteiger partial charge is 0.336 e. The molecule has 0 bridgehead atoms. The third-order valence-corrected chi connectivity index (χ3v) is 3.37. The Kier molecular flexibility index (Phi) is 4.28. The van der Waals surface area contributed by atoms with Crippen LogP contribution in [0, 0.1) is 12.7 Å². The van der Waals surface area contributed by atoms with Crippen LogP contribution >= 0.6 is 0 Å². The van der Waals surface area contributed by atoms with Crippen molar-refractivity contribution in [1.82, 2.24) is 0 Å². The molecule has 1 aromatic heterocycles. The summed E-state index contributed by atoms with van der Waals surface area (Å²) in [4.78, 5) is 11.4. The van der Waals surface area contributed by atoms with Gasteiger partial charge in [-0.2, -0.15) is 0 Å². The lowest BCUT2D eigenvalue weighted by atomic mass is 10.1. The van der Waals surface area contributed by atoms with Crippen molar-refractivity contribution in [3.63, 3.8) is 0 Å². The molecule has 0 aliphatic carbocycles. The first kappa shape index (κ1) is 15.1. The van der Waals surface area contributed by atoms with Gasteiger partial charge in [0.15, 0.2) is 11.6 Å². The molecule has 0 saturated carbocycles. The van der Waals surface area contributed by atoms with Gasteiger partial charge in [-0.15, -0.1) is 0 Å². The second-order valence-electron chi connectivity index (χ2n) is 5.03. The van der Waals surface area contributed by atoms with Gasteiger partial charge in [-0.3, -0.25) is 0 Å². The molecule has 0 amide bonds. The SMILES string of the molecule is Cc1cc(=O)oc2cc(OCCOc3ccccc3F)ccc12. The van der Waals surface area contributed by atoms with E-state index in [4.69, 9.17) is 13.9 Å². The van der Waals surface area contributed by atoms with Gasteiger partial charge in [0, 0.05) is 17.5 Å². The predicted octanol–water partition coefficient (Wildman–Crippen LogP) is 3.70. The topological polar surface area (TPSA) is 48.7 Å². The minimum atomic E-state index is -0.407. The highest BCUT2D eigenvalue weighted by Gasteiger charge is 2.05. The van der Waals surface area contributed by atoms with Crippen LogP contribution in [0.15, 0.2) is 57.7 Å². The van der Waals surface area contributed by atoms with Crippen molar-refractivity contribution in [3.05, 3.63) is 70.3 Å². The van der Waals surface area contributed by atoms with Crippen LogP contribution in [0.5, 0.6) is 11.5 Å². The molecule has 0 aliphatic heterocycles. The van der Waals surface area contributed by atoms with Crippen molar-refractivity contribution >= 4 is 11.0 Å². The first-order valence-corrected chi connectivity index (χ1v) is 7.18. The Balaban J connectivity index is 1.63. The monoisotopic (exact) mass is 314 g/mol. The van der Waals surface area contributed by atoms with E-state index in [1.807, 2.05) is 13.0 Å². The highest BCUT2D eigenvalue weighted by atomic mass is 19.1. The van der Waals surface area contributed by atoms with Gasteiger partial charge in [0.05, 0.1) is 0 Å². The minimum absolute atomic E-state index is 0.191. The summed E-state index contributed by atoms with van der Waals surface area (Å²) < 4.78 is 29.4. The van der Waals surface area contributed by atoms with Crippen LogP contribution in [0.25, 0.3) is 11.0 Å². The van der Waals surface area contributed by atoms with Crippen LogP contribution in [-0.2, 0) is 0 Å². The molecule has 0 fully saturated rings. The molecule has 4 nitrogen and oxygen atoms in total. The number of para-hydroxylation sites is 1. The van der Waals surface area contributed by atoms with Crippen LogP contribution in [0.4, 0.5) is 4.39 Å². The Morgan fingerprint density at radius 3 is 2.65 bits per heavy atom. The van der Waals surface area contributed by atoms with Crippen LogP contribution in [0.3, 0.4) is 0 Å². The molecule has 3 rings (SSSR count). The molecule has 23 heavy (non-hydrogen) atoms. The fourth-order valence-corrected chi connectivity index (χ4v) is 2.27. The summed E-state index contributed by atoms with van der Waals surface area (Å²) in [7, 11) is 0. The van der Waals surface area contributed by atoms with E-state index in [1.54, 1.807) is 30.3 Å². The van der Waals surface area contributed by atoms with Gasteiger partial charge in [0.25, 0.3) is 0 Å². The highest BCUT2D eigenvalue weighted by Crippen LogP contribution is 2.22. The number of hydrogen-bond acceptors (Lipinski definition) is 4. The summed E-state index contributed by atoms with van der Waals surface area (Å²) in [5.41, 5.74) is 0.934. The van der Waals surface area contributed by atoms with Crippen molar-refractivity contribution in [1.29, 1.82) is 0 Å². The van der Waals surface area contributed by atoms with Crippen LogP contribution in [-0.4, -0.2) is 13.2 Å². The fourth-order valence-electron chi connectivity index (χ4n) is 2.27. The molecule has 0 saturated heterocycles. The largest absolute Gasteiger partial charge is 0.490 e. The maximum absolute atomic E-state index is 13.4. The van der Waals surface area contributed by atoms with E-state index in [-0.39, 0.29) is 19.0 Å². The first-order valence-electron chi connectivity index (χ1n) is 7.18. The molecule has 0 atom stereocenters. The molecule has 2 aromatic carbocycles. The Morgan fingerprint density at radius 1 is 1.04 bits per heavy atom. The summed E-state index contributed by atoms with van der Waals surface area (Å²) in [6.45, 7) is 2.30. The van der Waals surface area contributed by atoms with Crippen molar-refractivity contribution in [2.75, 3.05) is 13.2 Å². The minimum Gasteiger partial charge on any atom is -0.490 e. The van der Waals surface area contributed by atoms with Crippen molar-refractivity contribution in [2.24, 2.45) is 0 Å². The Morgan fingerprint density at radius 2 is 1.83 bits per heavy atom. The van der Waals surface area contributed by atoms with Gasteiger partial charge >= 0.3 is 5.63 Å². The lowest BCUT2D eigenvalue weighted by Crippen LogP contribution is -2.09. The van der Waals surface area contributed by atoms with Gasteiger partial charge in [-0.1, -0.05) is 12.1 Å². The second-order valence-corrected chi connectivity index (χ2v) is 5.03. The number of fused-ring (bicyclic) bond motifs is 1. The van der Waals surface area contributed by atoms with E-state index in [9.17, 15) is 9.18 Å². The molecule has 3 aromatic rings. The average molecular weight is 314 g/mol.